The van der Waals surface area contributed by atoms with Gasteiger partial charge in [-0.15, -0.1) is 0 Å². The normalized spacial score (nSPS) is 29.4. The summed E-state index contributed by atoms with van der Waals surface area (Å²) in [5.41, 5.74) is 9.25. The van der Waals surface area contributed by atoms with Crippen molar-refractivity contribution in [3.05, 3.63) is 35.4 Å². The van der Waals surface area contributed by atoms with Gasteiger partial charge in [0, 0.05) is 25.2 Å². The van der Waals surface area contributed by atoms with Crippen LogP contribution in [0.2, 0.25) is 0 Å². The molecule has 2 N–H and O–H groups in total. The van der Waals surface area contributed by atoms with Crippen LogP contribution in [0.1, 0.15) is 62.6 Å². The maximum Gasteiger partial charge on any atom is 0.0476 e. The van der Waals surface area contributed by atoms with Gasteiger partial charge in [-0.3, -0.25) is 4.90 Å². The van der Waals surface area contributed by atoms with E-state index in [1.54, 1.807) is 5.56 Å². The maximum atomic E-state index is 6.19. The number of hydrogen-bond donors (Lipinski definition) is 1. The first kappa shape index (κ1) is 14.1. The van der Waals surface area contributed by atoms with Crippen molar-refractivity contribution in [1.82, 2.24) is 4.90 Å². The molecule has 2 aliphatic rings. The summed E-state index contributed by atoms with van der Waals surface area (Å²) < 4.78 is 0. The molecule has 3 rings (SSSR count). The average molecular weight is 272 g/mol. The molecule has 0 aromatic heterocycles. The lowest BCUT2D eigenvalue weighted by Gasteiger charge is -2.42. The van der Waals surface area contributed by atoms with Gasteiger partial charge in [0.25, 0.3) is 0 Å². The summed E-state index contributed by atoms with van der Waals surface area (Å²) in [6.07, 6.45) is 5.39. The molecule has 2 heteroatoms. The summed E-state index contributed by atoms with van der Waals surface area (Å²) >= 11 is 0. The van der Waals surface area contributed by atoms with Crippen LogP contribution in [0.15, 0.2) is 24.3 Å². The first-order valence-electron chi connectivity index (χ1n) is 8.25. The molecular weight excluding hydrogens is 244 g/mol. The van der Waals surface area contributed by atoms with Gasteiger partial charge in [-0.1, -0.05) is 31.2 Å². The first-order valence-corrected chi connectivity index (χ1v) is 8.25. The Balaban J connectivity index is 1.89. The Hall–Kier alpha value is -0.860. The molecule has 1 aliphatic heterocycles. The summed E-state index contributed by atoms with van der Waals surface area (Å²) in [5.74, 6) is 1.60. The van der Waals surface area contributed by atoms with E-state index in [0.29, 0.717) is 12.1 Å². The number of hydrogen-bond acceptors (Lipinski definition) is 2. The largest absolute Gasteiger partial charge is 0.329 e. The van der Waals surface area contributed by atoms with Gasteiger partial charge in [0.15, 0.2) is 0 Å². The monoisotopic (exact) mass is 272 g/mol. The highest BCUT2D eigenvalue weighted by Gasteiger charge is 2.33. The quantitative estimate of drug-likeness (QED) is 0.906. The highest BCUT2D eigenvalue weighted by Crippen LogP contribution is 2.44. The average Bonchev–Trinajstić information content (AvgIpc) is 3.28. The minimum absolute atomic E-state index is 0.407. The molecule has 1 aromatic carbocycles. The van der Waals surface area contributed by atoms with Crippen LogP contribution in [0.5, 0.6) is 0 Å². The number of piperidine rings is 1. The SMILES string of the molecule is CC1CCC(C)N(C(CN)c2ccccc2C2CC2)C1. The fraction of sp³-hybridized carbons (Fsp3) is 0.667. The summed E-state index contributed by atoms with van der Waals surface area (Å²) in [4.78, 5) is 2.66. The fourth-order valence-electron chi connectivity index (χ4n) is 3.78. The van der Waals surface area contributed by atoms with Gasteiger partial charge in [-0.05, 0) is 55.6 Å². The van der Waals surface area contributed by atoms with E-state index in [9.17, 15) is 0 Å². The molecule has 2 fully saturated rings. The summed E-state index contributed by atoms with van der Waals surface area (Å²) in [6.45, 7) is 6.68. The molecule has 20 heavy (non-hydrogen) atoms. The number of benzene rings is 1. The van der Waals surface area contributed by atoms with Crippen LogP contribution in [0.4, 0.5) is 0 Å². The second kappa shape index (κ2) is 5.87. The molecule has 3 atom stereocenters. The van der Waals surface area contributed by atoms with E-state index in [2.05, 4.69) is 43.0 Å². The van der Waals surface area contributed by atoms with E-state index in [0.717, 1.165) is 18.4 Å². The third-order valence-corrected chi connectivity index (χ3v) is 5.16. The fourth-order valence-corrected chi connectivity index (χ4v) is 3.78. The maximum absolute atomic E-state index is 6.19. The Morgan fingerprint density at radius 2 is 1.90 bits per heavy atom. The smallest absolute Gasteiger partial charge is 0.0476 e. The number of likely N-dealkylation sites (tertiary alicyclic amines) is 1. The minimum atomic E-state index is 0.407. The van der Waals surface area contributed by atoms with Gasteiger partial charge in [-0.2, -0.15) is 0 Å². The van der Waals surface area contributed by atoms with Crippen molar-refractivity contribution in [2.75, 3.05) is 13.1 Å². The van der Waals surface area contributed by atoms with Crippen molar-refractivity contribution in [2.24, 2.45) is 11.7 Å². The molecule has 3 unspecified atom stereocenters. The van der Waals surface area contributed by atoms with Crippen molar-refractivity contribution in [3.63, 3.8) is 0 Å². The number of rotatable bonds is 4. The molecule has 0 amide bonds. The van der Waals surface area contributed by atoms with E-state index in [1.165, 1.54) is 37.8 Å². The second-order valence-electron chi connectivity index (χ2n) is 6.88. The minimum Gasteiger partial charge on any atom is -0.329 e. The molecule has 110 valence electrons. The zero-order valence-corrected chi connectivity index (χ0v) is 12.9. The van der Waals surface area contributed by atoms with Crippen LogP contribution >= 0.6 is 0 Å². The highest BCUT2D eigenvalue weighted by atomic mass is 15.2. The van der Waals surface area contributed by atoms with E-state index < -0.39 is 0 Å². The Kier molecular flexibility index (Phi) is 4.13. The van der Waals surface area contributed by atoms with E-state index >= 15 is 0 Å². The van der Waals surface area contributed by atoms with Crippen LogP contribution in [-0.4, -0.2) is 24.0 Å². The van der Waals surface area contributed by atoms with Gasteiger partial charge in [0.05, 0.1) is 0 Å². The second-order valence-corrected chi connectivity index (χ2v) is 6.88. The Morgan fingerprint density at radius 3 is 2.60 bits per heavy atom. The zero-order valence-electron chi connectivity index (χ0n) is 12.9. The summed E-state index contributed by atoms with van der Waals surface area (Å²) in [6, 6.07) is 10.1. The van der Waals surface area contributed by atoms with Crippen molar-refractivity contribution in [3.8, 4) is 0 Å². The topological polar surface area (TPSA) is 29.3 Å². The molecule has 1 heterocycles. The Morgan fingerprint density at radius 1 is 1.15 bits per heavy atom. The van der Waals surface area contributed by atoms with E-state index in [-0.39, 0.29) is 0 Å². The van der Waals surface area contributed by atoms with Gasteiger partial charge < -0.3 is 5.73 Å². The third-order valence-electron chi connectivity index (χ3n) is 5.16. The van der Waals surface area contributed by atoms with E-state index in [1.807, 2.05) is 0 Å². The van der Waals surface area contributed by atoms with Crippen LogP contribution in [-0.2, 0) is 0 Å². The molecule has 1 saturated heterocycles. The Bertz CT molecular complexity index is 452. The number of nitrogens with zero attached hydrogens (tertiary/aromatic N) is 1. The first-order chi connectivity index (χ1) is 9.70. The van der Waals surface area contributed by atoms with Crippen LogP contribution in [0, 0.1) is 5.92 Å². The van der Waals surface area contributed by atoms with Gasteiger partial charge in [-0.25, -0.2) is 0 Å². The van der Waals surface area contributed by atoms with Crippen molar-refractivity contribution in [2.45, 2.75) is 57.5 Å². The molecule has 0 bridgehead atoms. The van der Waals surface area contributed by atoms with Gasteiger partial charge >= 0.3 is 0 Å². The predicted octanol–water partition coefficient (Wildman–Crippen LogP) is 3.68. The lowest BCUT2D eigenvalue weighted by Crippen LogP contribution is -2.45. The molecule has 2 nitrogen and oxygen atoms in total. The predicted molar refractivity (Wildman–Crippen MR) is 84.8 cm³/mol. The van der Waals surface area contributed by atoms with Crippen molar-refractivity contribution < 1.29 is 0 Å². The van der Waals surface area contributed by atoms with Gasteiger partial charge in [0.1, 0.15) is 0 Å². The highest BCUT2D eigenvalue weighted by molar-refractivity contribution is 5.36. The summed E-state index contributed by atoms with van der Waals surface area (Å²) in [7, 11) is 0. The molecule has 1 aromatic rings. The molecule has 0 radical (unpaired) electrons. The van der Waals surface area contributed by atoms with Crippen LogP contribution < -0.4 is 5.73 Å². The molecule has 1 aliphatic carbocycles. The van der Waals surface area contributed by atoms with E-state index in [4.69, 9.17) is 5.73 Å². The number of nitrogens with two attached hydrogens (primary N) is 1. The lowest BCUT2D eigenvalue weighted by atomic mass is 9.89. The van der Waals surface area contributed by atoms with Crippen molar-refractivity contribution in [1.29, 1.82) is 0 Å². The standard InChI is InChI=1S/C18H28N2/c1-13-7-8-14(2)20(12-13)18(11-19)17-6-4-3-5-16(17)15-9-10-15/h3-6,13-15,18H,7-12,19H2,1-2H3. The molecule has 1 saturated carbocycles. The Labute approximate surface area is 123 Å². The molecule has 0 spiro atoms. The molecular formula is C18H28N2. The van der Waals surface area contributed by atoms with Gasteiger partial charge in [0.2, 0.25) is 0 Å². The van der Waals surface area contributed by atoms with Crippen molar-refractivity contribution >= 4 is 0 Å². The summed E-state index contributed by atoms with van der Waals surface area (Å²) in [5, 5.41) is 0. The zero-order chi connectivity index (χ0) is 14.1. The lowest BCUT2D eigenvalue weighted by molar-refractivity contribution is 0.0794. The third kappa shape index (κ3) is 2.77. The van der Waals surface area contributed by atoms with Crippen LogP contribution in [0.25, 0.3) is 0 Å². The van der Waals surface area contributed by atoms with Crippen LogP contribution in [0.3, 0.4) is 0 Å².